The number of aromatic nitrogens is 1. The summed E-state index contributed by atoms with van der Waals surface area (Å²) in [6, 6.07) is 0. The van der Waals surface area contributed by atoms with Crippen molar-refractivity contribution in [2.45, 2.75) is 51.6 Å². The molecule has 0 aromatic carbocycles. The van der Waals surface area contributed by atoms with Gasteiger partial charge in [0.25, 0.3) is 5.88 Å². The first-order chi connectivity index (χ1) is 8.73. The van der Waals surface area contributed by atoms with Gasteiger partial charge in [0.15, 0.2) is 6.26 Å². The van der Waals surface area contributed by atoms with E-state index in [1.807, 2.05) is 0 Å². The first-order valence-electron chi connectivity index (χ1n) is 6.11. The van der Waals surface area contributed by atoms with Gasteiger partial charge in [0.05, 0.1) is 0 Å². The number of hydrogen-bond acceptors (Lipinski definition) is 6. The molecule has 1 heterocycles. The van der Waals surface area contributed by atoms with Crippen molar-refractivity contribution in [2.75, 3.05) is 0 Å². The lowest BCUT2D eigenvalue weighted by molar-refractivity contribution is -0.158. The van der Waals surface area contributed by atoms with Crippen LogP contribution in [0.3, 0.4) is 0 Å². The SMILES string of the molecule is CC(=O)Oc1coc(C2(C(=O)OC(C)(C)C)CC2)n1. The predicted molar refractivity (Wildman–Crippen MR) is 64.6 cm³/mol. The van der Waals surface area contributed by atoms with E-state index < -0.39 is 17.0 Å². The standard InChI is InChI=1S/C13H17NO5/c1-8(15)18-9-7-17-10(14-9)13(5-6-13)11(16)19-12(2,3)4/h7H,5-6H2,1-4H3. The minimum absolute atomic E-state index is 0.0670. The smallest absolute Gasteiger partial charge is 0.322 e. The molecule has 0 unspecified atom stereocenters. The van der Waals surface area contributed by atoms with Gasteiger partial charge in [0.2, 0.25) is 5.89 Å². The zero-order valence-electron chi connectivity index (χ0n) is 11.5. The number of esters is 2. The van der Waals surface area contributed by atoms with Crippen LogP contribution in [0.25, 0.3) is 0 Å². The molecule has 0 spiro atoms. The van der Waals surface area contributed by atoms with Gasteiger partial charge in [0, 0.05) is 6.92 Å². The fourth-order valence-electron chi connectivity index (χ4n) is 1.68. The molecule has 2 rings (SSSR count). The zero-order valence-corrected chi connectivity index (χ0v) is 11.5. The van der Waals surface area contributed by atoms with Crippen molar-refractivity contribution in [3.05, 3.63) is 12.2 Å². The van der Waals surface area contributed by atoms with Gasteiger partial charge in [-0.3, -0.25) is 9.59 Å². The van der Waals surface area contributed by atoms with Gasteiger partial charge >= 0.3 is 11.9 Å². The first-order valence-corrected chi connectivity index (χ1v) is 6.11. The molecule has 6 heteroatoms. The largest absolute Gasteiger partial charge is 0.459 e. The van der Waals surface area contributed by atoms with Crippen LogP contribution in [-0.2, 0) is 19.7 Å². The maximum Gasteiger partial charge on any atom is 0.322 e. The van der Waals surface area contributed by atoms with E-state index in [1.165, 1.54) is 13.2 Å². The molecule has 19 heavy (non-hydrogen) atoms. The number of hydrogen-bond donors (Lipinski definition) is 0. The Bertz CT molecular complexity index is 507. The Hall–Kier alpha value is -1.85. The van der Waals surface area contributed by atoms with Gasteiger partial charge in [-0.05, 0) is 33.6 Å². The van der Waals surface area contributed by atoms with Crippen molar-refractivity contribution in [3.8, 4) is 5.88 Å². The van der Waals surface area contributed by atoms with Crippen LogP contribution in [0.1, 0.15) is 46.4 Å². The lowest BCUT2D eigenvalue weighted by Gasteiger charge is -2.22. The molecule has 1 fully saturated rings. The number of rotatable bonds is 3. The van der Waals surface area contributed by atoms with E-state index in [9.17, 15) is 9.59 Å². The molecule has 0 N–H and O–H groups in total. The van der Waals surface area contributed by atoms with Crippen LogP contribution in [-0.4, -0.2) is 22.5 Å². The molecule has 1 aromatic heterocycles. The Labute approximate surface area is 111 Å². The van der Waals surface area contributed by atoms with E-state index in [0.29, 0.717) is 12.8 Å². The minimum atomic E-state index is -0.814. The molecule has 0 atom stereocenters. The number of oxazole rings is 1. The Kier molecular flexibility index (Phi) is 3.12. The molecule has 6 nitrogen and oxygen atoms in total. The molecule has 104 valence electrons. The summed E-state index contributed by atoms with van der Waals surface area (Å²) < 4.78 is 15.4. The van der Waals surface area contributed by atoms with Crippen molar-refractivity contribution in [1.29, 1.82) is 0 Å². The van der Waals surface area contributed by atoms with Crippen LogP contribution in [0.15, 0.2) is 10.7 Å². The van der Waals surface area contributed by atoms with Crippen LogP contribution >= 0.6 is 0 Å². The number of nitrogens with zero attached hydrogens (tertiary/aromatic N) is 1. The van der Waals surface area contributed by atoms with Gasteiger partial charge in [-0.25, -0.2) is 0 Å². The monoisotopic (exact) mass is 267 g/mol. The molecule has 1 saturated carbocycles. The fraction of sp³-hybridized carbons (Fsp3) is 0.615. The average Bonchev–Trinajstić information content (AvgIpc) is 2.92. The molecule has 0 aliphatic heterocycles. The van der Waals surface area contributed by atoms with E-state index in [4.69, 9.17) is 13.9 Å². The molecule has 0 bridgehead atoms. The topological polar surface area (TPSA) is 78.6 Å². The summed E-state index contributed by atoms with van der Waals surface area (Å²) in [5.74, 6) is -0.520. The van der Waals surface area contributed by atoms with E-state index in [0.717, 1.165) is 0 Å². The van der Waals surface area contributed by atoms with Gasteiger partial charge in [-0.1, -0.05) is 0 Å². The lowest BCUT2D eigenvalue weighted by atomic mass is 10.1. The Morgan fingerprint density at radius 2 is 2.00 bits per heavy atom. The Morgan fingerprint density at radius 1 is 1.37 bits per heavy atom. The maximum atomic E-state index is 12.1. The zero-order chi connectivity index (χ0) is 14.3. The molecule has 1 aliphatic rings. The van der Waals surface area contributed by atoms with E-state index in [1.54, 1.807) is 20.8 Å². The third kappa shape index (κ3) is 2.94. The highest BCUT2D eigenvalue weighted by atomic mass is 16.6. The van der Waals surface area contributed by atoms with Gasteiger partial charge < -0.3 is 13.9 Å². The van der Waals surface area contributed by atoms with Gasteiger partial charge in [-0.2, -0.15) is 4.98 Å². The molecular formula is C13H17NO5. The predicted octanol–water partition coefficient (Wildman–Crippen LogP) is 1.97. The number of ether oxygens (including phenoxy) is 2. The summed E-state index contributed by atoms with van der Waals surface area (Å²) in [6.07, 6.45) is 2.48. The van der Waals surface area contributed by atoms with E-state index in [-0.39, 0.29) is 17.7 Å². The molecular weight excluding hydrogens is 250 g/mol. The van der Waals surface area contributed by atoms with Gasteiger partial charge in [-0.15, -0.1) is 0 Å². The fourth-order valence-corrected chi connectivity index (χ4v) is 1.68. The van der Waals surface area contributed by atoms with Crippen LogP contribution < -0.4 is 4.74 Å². The van der Waals surface area contributed by atoms with Crippen molar-refractivity contribution in [2.24, 2.45) is 0 Å². The second kappa shape index (κ2) is 4.36. The summed E-state index contributed by atoms with van der Waals surface area (Å²) in [6.45, 7) is 6.69. The summed E-state index contributed by atoms with van der Waals surface area (Å²) in [7, 11) is 0. The third-order valence-electron chi connectivity index (χ3n) is 2.68. The second-order valence-corrected chi connectivity index (χ2v) is 5.67. The highest BCUT2D eigenvalue weighted by Gasteiger charge is 2.58. The second-order valence-electron chi connectivity index (χ2n) is 5.67. The normalized spacial score (nSPS) is 16.8. The lowest BCUT2D eigenvalue weighted by Crippen LogP contribution is -2.32. The first kappa shape index (κ1) is 13.6. The molecule has 0 amide bonds. The summed E-state index contributed by atoms with van der Waals surface area (Å²) >= 11 is 0. The van der Waals surface area contributed by atoms with Crippen molar-refractivity contribution in [1.82, 2.24) is 4.98 Å². The summed E-state index contributed by atoms with van der Waals surface area (Å²) in [4.78, 5) is 27.0. The number of carbonyl (C=O) groups excluding carboxylic acids is 2. The Morgan fingerprint density at radius 3 is 2.47 bits per heavy atom. The quantitative estimate of drug-likeness (QED) is 0.779. The highest BCUT2D eigenvalue weighted by Crippen LogP contribution is 2.49. The molecule has 0 saturated heterocycles. The van der Waals surface area contributed by atoms with Crippen LogP contribution in [0.2, 0.25) is 0 Å². The third-order valence-corrected chi connectivity index (χ3v) is 2.68. The van der Waals surface area contributed by atoms with E-state index in [2.05, 4.69) is 4.98 Å². The number of carbonyl (C=O) groups is 2. The van der Waals surface area contributed by atoms with Crippen molar-refractivity contribution < 1.29 is 23.5 Å². The average molecular weight is 267 g/mol. The van der Waals surface area contributed by atoms with Crippen LogP contribution in [0.5, 0.6) is 5.88 Å². The van der Waals surface area contributed by atoms with Crippen molar-refractivity contribution in [3.63, 3.8) is 0 Å². The summed E-state index contributed by atoms with van der Waals surface area (Å²) in [5, 5.41) is 0. The minimum Gasteiger partial charge on any atom is -0.459 e. The molecule has 0 radical (unpaired) electrons. The molecule has 1 aromatic rings. The Balaban J connectivity index is 2.14. The van der Waals surface area contributed by atoms with Crippen LogP contribution in [0, 0.1) is 0 Å². The highest BCUT2D eigenvalue weighted by molar-refractivity contribution is 5.85. The summed E-state index contributed by atoms with van der Waals surface area (Å²) in [5.41, 5.74) is -1.37. The maximum absolute atomic E-state index is 12.1. The van der Waals surface area contributed by atoms with Crippen molar-refractivity contribution >= 4 is 11.9 Å². The molecule has 1 aliphatic carbocycles. The van der Waals surface area contributed by atoms with Gasteiger partial charge in [0.1, 0.15) is 11.0 Å². The van der Waals surface area contributed by atoms with E-state index >= 15 is 0 Å². The van der Waals surface area contributed by atoms with Crippen LogP contribution in [0.4, 0.5) is 0 Å².